The van der Waals surface area contributed by atoms with E-state index in [-0.39, 0.29) is 12.6 Å². The second-order valence-electron chi connectivity index (χ2n) is 7.30. The van der Waals surface area contributed by atoms with E-state index in [1.807, 2.05) is 18.2 Å². The van der Waals surface area contributed by atoms with Crippen LogP contribution in [0.1, 0.15) is 17.2 Å². The SMILES string of the molecule is OCC[NH+]1CC[NH+](C(c2ccccc2)c2ccc3cccnc3c2O)CC1. The Morgan fingerprint density at radius 1 is 0.926 bits per heavy atom. The summed E-state index contributed by atoms with van der Waals surface area (Å²) in [5, 5.41) is 21.2. The summed E-state index contributed by atoms with van der Waals surface area (Å²) in [5.41, 5.74) is 2.82. The van der Waals surface area contributed by atoms with Gasteiger partial charge in [0.25, 0.3) is 0 Å². The first-order valence-corrected chi connectivity index (χ1v) is 9.68. The molecular formula is C22H27N3O2+2. The average molecular weight is 365 g/mol. The van der Waals surface area contributed by atoms with Gasteiger partial charge in [0.1, 0.15) is 44.3 Å². The second kappa shape index (κ2) is 8.05. The number of nitrogens with zero attached hydrogens (tertiary/aromatic N) is 1. The summed E-state index contributed by atoms with van der Waals surface area (Å²) in [6.07, 6.45) is 1.73. The summed E-state index contributed by atoms with van der Waals surface area (Å²) in [6.45, 7) is 5.14. The van der Waals surface area contributed by atoms with Gasteiger partial charge in [-0.3, -0.25) is 4.98 Å². The highest BCUT2D eigenvalue weighted by Gasteiger charge is 2.33. The van der Waals surface area contributed by atoms with Crippen molar-refractivity contribution < 1.29 is 20.0 Å². The minimum absolute atomic E-state index is 0.0771. The Labute approximate surface area is 159 Å². The molecule has 4 rings (SSSR count). The number of aliphatic hydroxyl groups is 1. The summed E-state index contributed by atoms with van der Waals surface area (Å²) in [5.74, 6) is 0.291. The molecule has 0 aliphatic carbocycles. The van der Waals surface area contributed by atoms with Crippen molar-refractivity contribution >= 4 is 10.9 Å². The van der Waals surface area contributed by atoms with E-state index in [1.165, 1.54) is 15.4 Å². The van der Waals surface area contributed by atoms with E-state index in [2.05, 4.69) is 41.4 Å². The Balaban J connectivity index is 1.73. The second-order valence-corrected chi connectivity index (χ2v) is 7.30. The van der Waals surface area contributed by atoms with Crippen molar-refractivity contribution in [2.45, 2.75) is 6.04 Å². The molecule has 1 aromatic heterocycles. The summed E-state index contributed by atoms with van der Waals surface area (Å²) < 4.78 is 0. The Bertz CT molecular complexity index is 892. The minimum atomic E-state index is 0.0771. The highest BCUT2D eigenvalue weighted by atomic mass is 16.3. The number of aromatic nitrogens is 1. The number of phenols is 1. The fourth-order valence-electron chi connectivity index (χ4n) is 4.28. The van der Waals surface area contributed by atoms with Crippen molar-refractivity contribution in [2.24, 2.45) is 0 Å². The van der Waals surface area contributed by atoms with Crippen LogP contribution in [0.3, 0.4) is 0 Å². The summed E-state index contributed by atoms with van der Waals surface area (Å²) in [6, 6.07) is 18.5. The zero-order valence-electron chi connectivity index (χ0n) is 15.4. The summed E-state index contributed by atoms with van der Waals surface area (Å²) in [4.78, 5) is 7.32. The molecule has 0 bridgehead atoms. The number of aromatic hydroxyl groups is 1. The molecule has 27 heavy (non-hydrogen) atoms. The summed E-state index contributed by atoms with van der Waals surface area (Å²) >= 11 is 0. The number of aliphatic hydroxyl groups excluding tert-OH is 1. The van der Waals surface area contributed by atoms with Gasteiger partial charge in [-0.1, -0.05) is 42.5 Å². The summed E-state index contributed by atoms with van der Waals surface area (Å²) in [7, 11) is 0. The zero-order valence-corrected chi connectivity index (χ0v) is 15.4. The molecule has 1 unspecified atom stereocenters. The molecule has 1 aliphatic rings. The van der Waals surface area contributed by atoms with E-state index < -0.39 is 0 Å². The van der Waals surface area contributed by atoms with Gasteiger partial charge < -0.3 is 20.0 Å². The van der Waals surface area contributed by atoms with Gasteiger partial charge in [0, 0.05) is 17.1 Å². The molecular weight excluding hydrogens is 338 g/mol. The number of piperazine rings is 1. The van der Waals surface area contributed by atoms with Gasteiger partial charge in [-0.15, -0.1) is 0 Å². The Morgan fingerprint density at radius 2 is 1.70 bits per heavy atom. The number of benzene rings is 2. The number of fused-ring (bicyclic) bond motifs is 1. The maximum absolute atomic E-state index is 11.0. The van der Waals surface area contributed by atoms with Gasteiger partial charge in [0.15, 0.2) is 5.75 Å². The Morgan fingerprint density at radius 3 is 2.44 bits per heavy atom. The molecule has 140 valence electrons. The molecule has 1 atom stereocenters. The van der Waals surface area contributed by atoms with Crippen LogP contribution in [0.4, 0.5) is 0 Å². The minimum Gasteiger partial charge on any atom is -0.505 e. The molecule has 2 heterocycles. The maximum Gasteiger partial charge on any atom is 0.151 e. The van der Waals surface area contributed by atoms with Crippen LogP contribution < -0.4 is 9.80 Å². The lowest BCUT2D eigenvalue weighted by Crippen LogP contribution is -3.28. The molecule has 0 radical (unpaired) electrons. The van der Waals surface area contributed by atoms with Gasteiger partial charge in [-0.25, -0.2) is 0 Å². The van der Waals surface area contributed by atoms with Crippen LogP contribution in [0.25, 0.3) is 10.9 Å². The van der Waals surface area contributed by atoms with Crippen LogP contribution in [-0.4, -0.2) is 54.5 Å². The smallest absolute Gasteiger partial charge is 0.151 e. The molecule has 1 fully saturated rings. The van der Waals surface area contributed by atoms with E-state index >= 15 is 0 Å². The first-order chi connectivity index (χ1) is 13.3. The zero-order chi connectivity index (χ0) is 18.6. The van der Waals surface area contributed by atoms with Crippen molar-refractivity contribution in [3.8, 4) is 5.75 Å². The van der Waals surface area contributed by atoms with Crippen LogP contribution >= 0.6 is 0 Å². The van der Waals surface area contributed by atoms with Crippen LogP contribution in [0, 0.1) is 0 Å². The lowest BCUT2D eigenvalue weighted by Gasteiger charge is -2.35. The Hall–Kier alpha value is -2.47. The standard InChI is InChI=1S/C22H25N3O2/c26-16-15-24-11-13-25(14-12-24)21(18-5-2-1-3-6-18)19-9-8-17-7-4-10-23-20(17)22(19)27/h1-10,21,26-27H,11-16H2/p+2. The number of hydrogen-bond donors (Lipinski definition) is 4. The van der Waals surface area contributed by atoms with Crippen molar-refractivity contribution in [2.75, 3.05) is 39.3 Å². The molecule has 5 nitrogen and oxygen atoms in total. The first-order valence-electron chi connectivity index (χ1n) is 9.68. The molecule has 3 aromatic rings. The van der Waals surface area contributed by atoms with Crippen LogP contribution in [-0.2, 0) is 0 Å². The van der Waals surface area contributed by atoms with E-state index in [4.69, 9.17) is 0 Å². The van der Waals surface area contributed by atoms with Gasteiger partial charge in [0.2, 0.25) is 0 Å². The van der Waals surface area contributed by atoms with E-state index in [9.17, 15) is 10.2 Å². The highest BCUT2D eigenvalue weighted by molar-refractivity contribution is 5.85. The van der Waals surface area contributed by atoms with Crippen LogP contribution in [0.5, 0.6) is 5.75 Å². The van der Waals surface area contributed by atoms with Crippen LogP contribution in [0.2, 0.25) is 0 Å². The van der Waals surface area contributed by atoms with E-state index in [1.54, 1.807) is 6.20 Å². The monoisotopic (exact) mass is 365 g/mol. The molecule has 5 heteroatoms. The number of phenolic OH excluding ortho intramolecular Hbond substituents is 1. The van der Waals surface area contributed by atoms with Gasteiger partial charge in [0.05, 0.1) is 12.2 Å². The molecule has 0 saturated carbocycles. The molecule has 1 saturated heterocycles. The first kappa shape index (κ1) is 17.9. The number of nitrogens with one attached hydrogen (secondary N) is 2. The largest absolute Gasteiger partial charge is 0.505 e. The number of hydrogen-bond acceptors (Lipinski definition) is 3. The molecule has 2 aromatic carbocycles. The normalized spacial score (nSPS) is 21.2. The number of quaternary nitrogens is 2. The molecule has 4 N–H and O–H groups in total. The number of pyridine rings is 1. The van der Waals surface area contributed by atoms with Crippen molar-refractivity contribution in [3.63, 3.8) is 0 Å². The van der Waals surface area contributed by atoms with Crippen LogP contribution in [0.15, 0.2) is 60.8 Å². The Kier molecular flexibility index (Phi) is 5.34. The van der Waals surface area contributed by atoms with Gasteiger partial charge in [-0.05, 0) is 12.1 Å². The van der Waals surface area contributed by atoms with Gasteiger partial charge in [-0.2, -0.15) is 0 Å². The van der Waals surface area contributed by atoms with E-state index in [0.29, 0.717) is 11.3 Å². The topological polar surface area (TPSA) is 62.2 Å². The molecule has 0 amide bonds. The third-order valence-electron chi connectivity index (χ3n) is 5.70. The van der Waals surface area contributed by atoms with Crippen molar-refractivity contribution in [3.05, 3.63) is 71.9 Å². The predicted octanol–water partition coefficient (Wildman–Crippen LogP) is -0.194. The lowest BCUT2D eigenvalue weighted by atomic mass is 9.94. The fourth-order valence-corrected chi connectivity index (χ4v) is 4.28. The van der Waals surface area contributed by atoms with Crippen molar-refractivity contribution in [1.82, 2.24) is 4.98 Å². The number of rotatable bonds is 5. The third kappa shape index (κ3) is 3.67. The molecule has 0 spiro atoms. The average Bonchev–Trinajstić information content (AvgIpc) is 2.72. The maximum atomic E-state index is 11.0. The molecule has 1 aliphatic heterocycles. The quantitative estimate of drug-likeness (QED) is 0.507. The predicted molar refractivity (Wildman–Crippen MR) is 105 cm³/mol. The van der Waals surface area contributed by atoms with Gasteiger partial charge >= 0.3 is 0 Å². The van der Waals surface area contributed by atoms with Crippen molar-refractivity contribution in [1.29, 1.82) is 0 Å². The van der Waals surface area contributed by atoms with E-state index in [0.717, 1.165) is 43.7 Å². The lowest BCUT2D eigenvalue weighted by molar-refractivity contribution is -1.02. The highest BCUT2D eigenvalue weighted by Crippen LogP contribution is 2.32. The third-order valence-corrected chi connectivity index (χ3v) is 5.70. The fraction of sp³-hybridized carbons (Fsp3) is 0.318.